The Morgan fingerprint density at radius 3 is 3.14 bits per heavy atom. The van der Waals surface area contributed by atoms with E-state index in [4.69, 9.17) is 0 Å². The number of urea groups is 1. The molecule has 2 amide bonds. The van der Waals surface area contributed by atoms with Crippen molar-refractivity contribution in [1.29, 1.82) is 0 Å². The summed E-state index contributed by atoms with van der Waals surface area (Å²) >= 11 is 1.59. The molecule has 1 fully saturated rings. The summed E-state index contributed by atoms with van der Waals surface area (Å²) < 4.78 is 0. The van der Waals surface area contributed by atoms with Crippen molar-refractivity contribution in [2.24, 2.45) is 0 Å². The number of hydrogen-bond donors (Lipinski definition) is 2. The molecule has 0 bridgehead atoms. The van der Waals surface area contributed by atoms with Gasteiger partial charge in [-0.3, -0.25) is 0 Å². The largest absolute Gasteiger partial charge is 0.394 e. The van der Waals surface area contributed by atoms with Crippen molar-refractivity contribution in [3.05, 3.63) is 35.3 Å². The van der Waals surface area contributed by atoms with E-state index in [1.807, 2.05) is 36.6 Å². The molecule has 0 radical (unpaired) electrons. The van der Waals surface area contributed by atoms with Crippen molar-refractivity contribution in [1.82, 2.24) is 9.88 Å². The molecule has 3 rings (SSSR count). The number of nitrogens with one attached hydrogen (secondary N) is 1. The van der Waals surface area contributed by atoms with Crippen LogP contribution in [0.4, 0.5) is 10.5 Å². The number of aliphatic hydroxyl groups excluding tert-OH is 1. The van der Waals surface area contributed by atoms with Gasteiger partial charge in [0.15, 0.2) is 0 Å². The zero-order chi connectivity index (χ0) is 15.5. The number of nitrogens with zero attached hydrogens (tertiary/aromatic N) is 2. The maximum atomic E-state index is 12.3. The van der Waals surface area contributed by atoms with Gasteiger partial charge in [-0.05, 0) is 31.9 Å². The zero-order valence-electron chi connectivity index (χ0n) is 12.5. The first kappa shape index (κ1) is 15.0. The molecule has 1 atom stereocenters. The van der Waals surface area contributed by atoms with Gasteiger partial charge >= 0.3 is 6.03 Å². The molecule has 2 N–H and O–H groups in total. The van der Waals surface area contributed by atoms with Crippen LogP contribution < -0.4 is 5.32 Å². The van der Waals surface area contributed by atoms with Gasteiger partial charge in [-0.2, -0.15) is 0 Å². The molecule has 1 saturated heterocycles. The minimum Gasteiger partial charge on any atom is -0.394 e. The van der Waals surface area contributed by atoms with Crippen LogP contribution in [0.1, 0.15) is 18.5 Å². The second-order valence-corrected chi connectivity index (χ2v) is 6.34. The van der Waals surface area contributed by atoms with Crippen LogP contribution >= 0.6 is 11.3 Å². The third kappa shape index (κ3) is 3.13. The summed E-state index contributed by atoms with van der Waals surface area (Å²) in [6, 6.07) is 7.48. The summed E-state index contributed by atoms with van der Waals surface area (Å²) in [5, 5.41) is 15.2. The Bertz CT molecular complexity index is 671. The Balaban J connectivity index is 1.74. The van der Waals surface area contributed by atoms with Crippen LogP contribution in [-0.4, -0.2) is 40.2 Å². The summed E-state index contributed by atoms with van der Waals surface area (Å²) in [7, 11) is 0. The highest BCUT2D eigenvalue weighted by Crippen LogP contribution is 2.26. The number of aromatic nitrogens is 1. The van der Waals surface area contributed by atoms with E-state index >= 15 is 0 Å². The predicted molar refractivity (Wildman–Crippen MR) is 88.1 cm³/mol. The van der Waals surface area contributed by atoms with E-state index in [-0.39, 0.29) is 18.7 Å². The maximum Gasteiger partial charge on any atom is 0.322 e. The Hall–Kier alpha value is -1.92. The van der Waals surface area contributed by atoms with Gasteiger partial charge in [-0.1, -0.05) is 12.1 Å². The molecule has 0 unspecified atom stereocenters. The highest BCUT2D eigenvalue weighted by Gasteiger charge is 2.28. The van der Waals surface area contributed by atoms with Crippen molar-refractivity contribution in [3.63, 3.8) is 0 Å². The number of hydrogen-bond acceptors (Lipinski definition) is 4. The number of carbonyl (C=O) groups excluding carboxylic acids is 1. The van der Waals surface area contributed by atoms with Crippen molar-refractivity contribution in [3.8, 4) is 10.6 Å². The summed E-state index contributed by atoms with van der Waals surface area (Å²) in [4.78, 5) is 18.5. The minimum atomic E-state index is -0.149. The van der Waals surface area contributed by atoms with Gasteiger partial charge in [0.1, 0.15) is 5.01 Å². The van der Waals surface area contributed by atoms with Crippen LogP contribution in [0.25, 0.3) is 10.6 Å². The molecular formula is C16H19N3O2S. The average molecular weight is 317 g/mol. The standard InChI is InChI=1S/C16H19N3O2S/c1-11-10-22-15(17-11)12-4-2-5-13(8-12)18-16(21)19-7-3-6-14(19)9-20/h2,4-5,8,10,14,20H,3,6-7,9H2,1H3,(H,18,21)/t14-/m1/s1. The lowest BCUT2D eigenvalue weighted by Crippen LogP contribution is -2.40. The van der Waals surface area contributed by atoms with Gasteiger partial charge in [0.25, 0.3) is 0 Å². The molecule has 0 saturated carbocycles. The molecule has 1 aromatic carbocycles. The van der Waals surface area contributed by atoms with Gasteiger partial charge in [-0.15, -0.1) is 11.3 Å². The molecule has 1 aliphatic rings. The lowest BCUT2D eigenvalue weighted by atomic mass is 10.2. The topological polar surface area (TPSA) is 65.5 Å². The molecule has 22 heavy (non-hydrogen) atoms. The second-order valence-electron chi connectivity index (χ2n) is 5.48. The highest BCUT2D eigenvalue weighted by atomic mass is 32.1. The van der Waals surface area contributed by atoms with E-state index in [1.54, 1.807) is 16.2 Å². The molecule has 5 nitrogen and oxygen atoms in total. The molecule has 1 aliphatic heterocycles. The Labute approximate surface area is 133 Å². The van der Waals surface area contributed by atoms with Crippen molar-refractivity contribution < 1.29 is 9.90 Å². The molecule has 116 valence electrons. The van der Waals surface area contributed by atoms with E-state index < -0.39 is 0 Å². The molecule has 2 heterocycles. The quantitative estimate of drug-likeness (QED) is 0.914. The monoisotopic (exact) mass is 317 g/mol. The maximum absolute atomic E-state index is 12.3. The van der Waals surface area contributed by atoms with Gasteiger partial charge < -0.3 is 15.3 Å². The number of carbonyl (C=O) groups is 1. The first-order valence-electron chi connectivity index (χ1n) is 7.38. The fraction of sp³-hybridized carbons (Fsp3) is 0.375. The van der Waals surface area contributed by atoms with Gasteiger partial charge in [-0.25, -0.2) is 9.78 Å². The fourth-order valence-corrected chi connectivity index (χ4v) is 3.50. The highest BCUT2D eigenvalue weighted by molar-refractivity contribution is 7.13. The third-order valence-electron chi connectivity index (χ3n) is 3.83. The lowest BCUT2D eigenvalue weighted by Gasteiger charge is -2.23. The number of rotatable bonds is 3. The molecule has 1 aromatic heterocycles. The molecule has 2 aromatic rings. The minimum absolute atomic E-state index is 0.0197. The number of anilines is 1. The van der Waals surface area contributed by atoms with Crippen LogP contribution in [0.5, 0.6) is 0 Å². The summed E-state index contributed by atoms with van der Waals surface area (Å²) in [6.07, 6.45) is 1.80. The second kappa shape index (κ2) is 6.46. The van der Waals surface area contributed by atoms with E-state index in [9.17, 15) is 9.90 Å². The smallest absolute Gasteiger partial charge is 0.322 e. The van der Waals surface area contributed by atoms with Crippen LogP contribution in [0, 0.1) is 6.92 Å². The number of thiazole rings is 1. The fourth-order valence-electron chi connectivity index (χ4n) is 2.70. The molecule has 0 spiro atoms. The first-order chi connectivity index (χ1) is 10.7. The number of benzene rings is 1. The van der Waals surface area contributed by atoms with Gasteiger partial charge in [0.2, 0.25) is 0 Å². The van der Waals surface area contributed by atoms with Crippen molar-refractivity contribution >= 4 is 23.1 Å². The van der Waals surface area contributed by atoms with E-state index in [0.29, 0.717) is 6.54 Å². The SMILES string of the molecule is Cc1csc(-c2cccc(NC(=O)N3CCC[C@@H]3CO)c2)n1. The van der Waals surface area contributed by atoms with E-state index in [0.717, 1.165) is 34.8 Å². The third-order valence-corrected chi connectivity index (χ3v) is 4.84. The number of aliphatic hydroxyl groups is 1. The van der Waals surface area contributed by atoms with Crippen molar-refractivity contribution in [2.75, 3.05) is 18.5 Å². The summed E-state index contributed by atoms with van der Waals surface area (Å²) in [5.41, 5.74) is 2.74. The zero-order valence-corrected chi connectivity index (χ0v) is 13.3. The van der Waals surface area contributed by atoms with Gasteiger partial charge in [0, 0.05) is 28.9 Å². The summed E-state index contributed by atoms with van der Waals surface area (Å²) in [5.74, 6) is 0. The Kier molecular flexibility index (Phi) is 4.40. The molecular weight excluding hydrogens is 298 g/mol. The van der Waals surface area contributed by atoms with Crippen LogP contribution in [0.2, 0.25) is 0 Å². The Morgan fingerprint density at radius 2 is 2.41 bits per heavy atom. The molecule has 6 heteroatoms. The van der Waals surface area contributed by atoms with Crippen molar-refractivity contribution in [2.45, 2.75) is 25.8 Å². The average Bonchev–Trinajstić information content (AvgIpc) is 3.16. The number of likely N-dealkylation sites (tertiary alicyclic amines) is 1. The number of amides is 2. The summed E-state index contributed by atoms with van der Waals surface area (Å²) in [6.45, 7) is 2.68. The predicted octanol–water partition coefficient (Wildman–Crippen LogP) is 3.11. The van der Waals surface area contributed by atoms with Crippen LogP contribution in [-0.2, 0) is 0 Å². The van der Waals surface area contributed by atoms with Crippen LogP contribution in [0.15, 0.2) is 29.6 Å². The van der Waals surface area contributed by atoms with Gasteiger partial charge in [0.05, 0.1) is 12.6 Å². The molecule has 0 aliphatic carbocycles. The normalized spacial score (nSPS) is 17.7. The first-order valence-corrected chi connectivity index (χ1v) is 8.26. The van der Waals surface area contributed by atoms with E-state index in [1.165, 1.54) is 0 Å². The van der Waals surface area contributed by atoms with E-state index in [2.05, 4.69) is 10.3 Å². The van der Waals surface area contributed by atoms with Crippen LogP contribution in [0.3, 0.4) is 0 Å². The Morgan fingerprint density at radius 1 is 1.55 bits per heavy atom. The lowest BCUT2D eigenvalue weighted by molar-refractivity contribution is 0.166. The number of aryl methyl sites for hydroxylation is 1.